The fourth-order valence-electron chi connectivity index (χ4n) is 2.93. The quantitative estimate of drug-likeness (QED) is 0.765. The first-order valence-electron chi connectivity index (χ1n) is 7.78. The first-order chi connectivity index (χ1) is 9.17. The number of likely N-dealkylation sites (N-methyl/N-ethyl adjacent to an activating group) is 1. The molecule has 0 unspecified atom stereocenters. The Balaban J connectivity index is 1.74. The molecule has 2 fully saturated rings. The van der Waals surface area contributed by atoms with E-state index in [0.717, 1.165) is 58.5 Å². The number of hydrogen-bond donors (Lipinski definition) is 1. The monoisotopic (exact) mass is 268 g/mol. The van der Waals surface area contributed by atoms with Crippen LogP contribution in [0.2, 0.25) is 0 Å². The van der Waals surface area contributed by atoms with Crippen LogP contribution in [0.5, 0.6) is 0 Å². The van der Waals surface area contributed by atoms with Gasteiger partial charge in [-0.25, -0.2) is 0 Å². The molecule has 0 aromatic rings. The summed E-state index contributed by atoms with van der Waals surface area (Å²) in [4.78, 5) is 14.5. The van der Waals surface area contributed by atoms with Gasteiger partial charge in [0.1, 0.15) is 0 Å². The molecule has 1 saturated carbocycles. The van der Waals surface area contributed by atoms with Crippen LogP contribution in [0.25, 0.3) is 0 Å². The summed E-state index contributed by atoms with van der Waals surface area (Å²) in [5.41, 5.74) is 0.0820. The van der Waals surface area contributed by atoms with E-state index in [9.17, 15) is 4.79 Å². The van der Waals surface area contributed by atoms with Gasteiger partial charge >= 0.3 is 0 Å². The Kier molecular flexibility index (Phi) is 5.22. The normalized spacial score (nSPS) is 25.3. The van der Waals surface area contributed by atoms with Crippen LogP contribution in [0.1, 0.15) is 46.0 Å². The van der Waals surface area contributed by atoms with Gasteiger partial charge in [0, 0.05) is 26.2 Å². The summed E-state index contributed by atoms with van der Waals surface area (Å²) in [6, 6.07) is 0. The molecule has 4 heteroatoms. The van der Waals surface area contributed by atoms with Crippen LogP contribution in [-0.4, -0.2) is 49.2 Å². The summed E-state index contributed by atoms with van der Waals surface area (Å²) >= 11 is 0. The number of rotatable bonds is 7. The maximum atomic E-state index is 12.1. The molecule has 2 aliphatic rings. The van der Waals surface area contributed by atoms with E-state index in [1.165, 1.54) is 0 Å². The van der Waals surface area contributed by atoms with Crippen molar-refractivity contribution in [2.24, 2.45) is 5.92 Å². The first-order valence-corrected chi connectivity index (χ1v) is 7.78. The summed E-state index contributed by atoms with van der Waals surface area (Å²) < 4.78 is 5.44. The number of ether oxygens (including phenoxy) is 1. The topological polar surface area (TPSA) is 41.6 Å². The number of nitrogens with zero attached hydrogens (tertiary/aromatic N) is 1. The molecule has 1 aliphatic carbocycles. The zero-order valence-electron chi connectivity index (χ0n) is 12.4. The molecule has 1 heterocycles. The predicted octanol–water partition coefficient (Wildman–Crippen LogP) is 1.79. The second-order valence-corrected chi connectivity index (χ2v) is 6.08. The Morgan fingerprint density at radius 2 is 2.11 bits per heavy atom. The lowest BCUT2D eigenvalue weighted by Gasteiger charge is -2.27. The lowest BCUT2D eigenvalue weighted by Crippen LogP contribution is -2.46. The molecule has 1 saturated heterocycles. The molecule has 2 rings (SSSR count). The van der Waals surface area contributed by atoms with E-state index in [1.807, 2.05) is 0 Å². The zero-order chi connectivity index (χ0) is 13.7. The molecular formula is C15H28N2O2. The third-order valence-electron chi connectivity index (χ3n) is 4.41. The lowest BCUT2D eigenvalue weighted by molar-refractivity contribution is -0.124. The van der Waals surface area contributed by atoms with Crippen molar-refractivity contribution in [3.05, 3.63) is 0 Å². The standard InChI is InChI=1S/C15H28N2O2/c1-3-17(4-2)12-15(7-8-15)16-14(18)10-13-6-5-9-19-11-13/h13H,3-12H2,1-2H3,(H,16,18)/t13-/m1/s1. The van der Waals surface area contributed by atoms with Gasteiger partial charge < -0.3 is 15.0 Å². The van der Waals surface area contributed by atoms with Gasteiger partial charge in [-0.15, -0.1) is 0 Å². The van der Waals surface area contributed by atoms with Gasteiger partial charge in [-0.05, 0) is 44.7 Å². The molecule has 110 valence electrons. The zero-order valence-corrected chi connectivity index (χ0v) is 12.4. The van der Waals surface area contributed by atoms with Crippen molar-refractivity contribution in [2.45, 2.75) is 51.5 Å². The molecule has 0 aromatic heterocycles. The summed E-state index contributed by atoms with van der Waals surface area (Å²) in [6.45, 7) is 9.12. The molecule has 0 spiro atoms. The molecule has 1 amide bonds. The highest BCUT2D eigenvalue weighted by Gasteiger charge is 2.44. The van der Waals surface area contributed by atoms with Gasteiger partial charge in [-0.2, -0.15) is 0 Å². The molecule has 1 aliphatic heterocycles. The van der Waals surface area contributed by atoms with Crippen LogP contribution < -0.4 is 5.32 Å². The highest BCUT2D eigenvalue weighted by molar-refractivity contribution is 5.77. The fourth-order valence-corrected chi connectivity index (χ4v) is 2.93. The Bertz CT molecular complexity index is 293. The van der Waals surface area contributed by atoms with Crippen molar-refractivity contribution in [3.63, 3.8) is 0 Å². The Morgan fingerprint density at radius 3 is 2.63 bits per heavy atom. The summed E-state index contributed by atoms with van der Waals surface area (Å²) in [5.74, 6) is 0.651. The number of amides is 1. The number of hydrogen-bond acceptors (Lipinski definition) is 3. The van der Waals surface area contributed by atoms with Crippen LogP contribution in [0.4, 0.5) is 0 Å². The highest BCUT2D eigenvalue weighted by atomic mass is 16.5. The van der Waals surface area contributed by atoms with Crippen LogP contribution in [0, 0.1) is 5.92 Å². The fraction of sp³-hybridized carbons (Fsp3) is 0.933. The van der Waals surface area contributed by atoms with Crippen molar-refractivity contribution < 1.29 is 9.53 Å². The minimum atomic E-state index is 0.0820. The average Bonchev–Trinajstić information content (AvgIpc) is 3.16. The molecule has 0 aromatic carbocycles. The van der Waals surface area contributed by atoms with Crippen molar-refractivity contribution in [1.82, 2.24) is 10.2 Å². The van der Waals surface area contributed by atoms with Gasteiger partial charge in [-0.3, -0.25) is 4.79 Å². The van der Waals surface area contributed by atoms with Crippen molar-refractivity contribution in [2.75, 3.05) is 32.8 Å². The lowest BCUT2D eigenvalue weighted by atomic mass is 9.98. The SMILES string of the molecule is CCN(CC)CC1(NC(=O)C[C@H]2CCCOC2)CC1. The molecule has 0 bridgehead atoms. The molecular weight excluding hydrogens is 240 g/mol. The summed E-state index contributed by atoms with van der Waals surface area (Å²) in [6.07, 6.45) is 5.14. The van der Waals surface area contributed by atoms with Gasteiger partial charge in [0.05, 0.1) is 5.54 Å². The van der Waals surface area contributed by atoms with E-state index in [1.54, 1.807) is 0 Å². The number of nitrogens with one attached hydrogen (secondary N) is 1. The second kappa shape index (κ2) is 6.71. The minimum Gasteiger partial charge on any atom is -0.381 e. The number of carbonyl (C=O) groups is 1. The highest BCUT2D eigenvalue weighted by Crippen LogP contribution is 2.36. The molecule has 4 nitrogen and oxygen atoms in total. The summed E-state index contributed by atoms with van der Waals surface area (Å²) in [7, 11) is 0. The average molecular weight is 268 g/mol. The van der Waals surface area contributed by atoms with Crippen LogP contribution in [-0.2, 0) is 9.53 Å². The largest absolute Gasteiger partial charge is 0.381 e. The van der Waals surface area contributed by atoms with Crippen molar-refractivity contribution in [3.8, 4) is 0 Å². The van der Waals surface area contributed by atoms with Crippen LogP contribution >= 0.6 is 0 Å². The summed E-state index contributed by atoms with van der Waals surface area (Å²) in [5, 5.41) is 3.28. The predicted molar refractivity (Wildman–Crippen MR) is 76.1 cm³/mol. The maximum absolute atomic E-state index is 12.1. The smallest absolute Gasteiger partial charge is 0.220 e. The van der Waals surface area contributed by atoms with E-state index < -0.39 is 0 Å². The van der Waals surface area contributed by atoms with Gasteiger partial charge in [-0.1, -0.05) is 13.8 Å². The molecule has 0 radical (unpaired) electrons. The van der Waals surface area contributed by atoms with E-state index in [0.29, 0.717) is 12.3 Å². The van der Waals surface area contributed by atoms with Gasteiger partial charge in [0.15, 0.2) is 0 Å². The van der Waals surface area contributed by atoms with Gasteiger partial charge in [0.2, 0.25) is 5.91 Å². The van der Waals surface area contributed by atoms with Crippen molar-refractivity contribution in [1.29, 1.82) is 0 Å². The Labute approximate surface area is 116 Å². The van der Waals surface area contributed by atoms with E-state index in [-0.39, 0.29) is 11.4 Å². The van der Waals surface area contributed by atoms with E-state index >= 15 is 0 Å². The third-order valence-corrected chi connectivity index (χ3v) is 4.41. The van der Waals surface area contributed by atoms with E-state index in [2.05, 4.69) is 24.1 Å². The van der Waals surface area contributed by atoms with Gasteiger partial charge in [0.25, 0.3) is 0 Å². The molecule has 19 heavy (non-hydrogen) atoms. The van der Waals surface area contributed by atoms with Crippen molar-refractivity contribution >= 4 is 5.91 Å². The Hall–Kier alpha value is -0.610. The number of carbonyl (C=O) groups excluding carboxylic acids is 1. The second-order valence-electron chi connectivity index (χ2n) is 6.08. The van der Waals surface area contributed by atoms with Crippen LogP contribution in [0.3, 0.4) is 0 Å². The maximum Gasteiger partial charge on any atom is 0.220 e. The minimum absolute atomic E-state index is 0.0820. The van der Waals surface area contributed by atoms with Crippen LogP contribution in [0.15, 0.2) is 0 Å². The molecule has 1 atom stereocenters. The Morgan fingerprint density at radius 1 is 1.37 bits per heavy atom. The third kappa shape index (κ3) is 4.46. The molecule has 1 N–H and O–H groups in total. The first kappa shape index (κ1) is 14.8. The van der Waals surface area contributed by atoms with E-state index in [4.69, 9.17) is 4.74 Å².